The highest BCUT2D eigenvalue weighted by Gasteiger charge is 2.30. The van der Waals surface area contributed by atoms with Crippen LogP contribution in [0.25, 0.3) is 0 Å². The van der Waals surface area contributed by atoms with Gasteiger partial charge in [-0.1, -0.05) is 42.5 Å². The van der Waals surface area contributed by atoms with Crippen molar-refractivity contribution >= 4 is 21.8 Å². The highest BCUT2D eigenvalue weighted by Crippen LogP contribution is 2.26. The highest BCUT2D eigenvalue weighted by molar-refractivity contribution is 9.10. The minimum absolute atomic E-state index is 0.0210. The SMILES string of the molecule is CN1CCN(C(=O)COc2ccccc2Br)C(c2ccccc2)C1. The van der Waals surface area contributed by atoms with Gasteiger partial charge in [-0.25, -0.2) is 0 Å². The van der Waals surface area contributed by atoms with Gasteiger partial charge in [-0.3, -0.25) is 4.79 Å². The number of carbonyl (C=O) groups is 1. The number of benzene rings is 2. The summed E-state index contributed by atoms with van der Waals surface area (Å²) in [5.41, 5.74) is 1.17. The van der Waals surface area contributed by atoms with Crippen molar-refractivity contribution in [2.45, 2.75) is 6.04 Å². The van der Waals surface area contributed by atoms with Crippen molar-refractivity contribution < 1.29 is 9.53 Å². The lowest BCUT2D eigenvalue weighted by atomic mass is 10.0. The number of piperazine rings is 1. The molecule has 0 saturated carbocycles. The maximum absolute atomic E-state index is 12.7. The zero-order chi connectivity index (χ0) is 16.9. The van der Waals surface area contributed by atoms with Gasteiger partial charge in [0, 0.05) is 19.6 Å². The van der Waals surface area contributed by atoms with Crippen LogP contribution in [0.3, 0.4) is 0 Å². The molecule has 0 radical (unpaired) electrons. The number of hydrogen-bond acceptors (Lipinski definition) is 3. The first kappa shape index (κ1) is 17.0. The summed E-state index contributed by atoms with van der Waals surface area (Å²) in [4.78, 5) is 16.9. The van der Waals surface area contributed by atoms with Crippen molar-refractivity contribution in [1.29, 1.82) is 0 Å². The van der Waals surface area contributed by atoms with Gasteiger partial charge in [-0.05, 0) is 40.7 Å². The monoisotopic (exact) mass is 388 g/mol. The Labute approximate surface area is 151 Å². The quantitative estimate of drug-likeness (QED) is 0.804. The minimum atomic E-state index is 0.0210. The number of para-hydroxylation sites is 1. The van der Waals surface area contributed by atoms with Gasteiger partial charge in [0.15, 0.2) is 6.61 Å². The summed E-state index contributed by atoms with van der Waals surface area (Å²) in [5.74, 6) is 0.712. The molecule has 1 atom stereocenters. The largest absolute Gasteiger partial charge is 0.483 e. The molecule has 0 aromatic heterocycles. The van der Waals surface area contributed by atoms with Crippen LogP contribution in [-0.2, 0) is 4.79 Å². The van der Waals surface area contributed by atoms with Crippen molar-refractivity contribution in [1.82, 2.24) is 9.80 Å². The van der Waals surface area contributed by atoms with Gasteiger partial charge in [0.25, 0.3) is 5.91 Å². The third kappa shape index (κ3) is 3.97. The molecule has 1 unspecified atom stereocenters. The maximum Gasteiger partial charge on any atom is 0.261 e. The topological polar surface area (TPSA) is 32.8 Å². The fourth-order valence-electron chi connectivity index (χ4n) is 2.96. The van der Waals surface area contributed by atoms with Crippen molar-refractivity contribution in [2.75, 3.05) is 33.3 Å². The molecule has 1 aliphatic heterocycles. The first-order chi connectivity index (χ1) is 11.6. The Bertz CT molecular complexity index is 693. The number of ether oxygens (including phenoxy) is 1. The van der Waals surface area contributed by atoms with Crippen LogP contribution in [0.15, 0.2) is 59.1 Å². The van der Waals surface area contributed by atoms with Crippen molar-refractivity contribution in [3.05, 3.63) is 64.6 Å². The molecule has 1 amide bonds. The molecule has 0 aliphatic carbocycles. The van der Waals surface area contributed by atoms with Gasteiger partial charge in [0.1, 0.15) is 5.75 Å². The van der Waals surface area contributed by atoms with Crippen molar-refractivity contribution in [3.63, 3.8) is 0 Å². The van der Waals surface area contributed by atoms with Crippen LogP contribution in [-0.4, -0.2) is 49.0 Å². The molecule has 0 N–H and O–H groups in total. The summed E-state index contributed by atoms with van der Waals surface area (Å²) in [6, 6.07) is 17.8. The lowest BCUT2D eigenvalue weighted by molar-refractivity contribution is -0.138. The summed E-state index contributed by atoms with van der Waals surface area (Å²) >= 11 is 3.44. The average molecular weight is 389 g/mol. The van der Waals surface area contributed by atoms with Crippen LogP contribution >= 0.6 is 15.9 Å². The lowest BCUT2D eigenvalue weighted by Gasteiger charge is -2.40. The zero-order valence-electron chi connectivity index (χ0n) is 13.7. The van der Waals surface area contributed by atoms with Crippen molar-refractivity contribution in [3.8, 4) is 5.75 Å². The molecular weight excluding hydrogens is 368 g/mol. The number of carbonyl (C=O) groups excluding carboxylic acids is 1. The van der Waals surface area contributed by atoms with Gasteiger partial charge in [-0.15, -0.1) is 0 Å². The van der Waals surface area contributed by atoms with Crippen LogP contribution in [0.1, 0.15) is 11.6 Å². The Morgan fingerprint density at radius 1 is 1.12 bits per heavy atom. The van der Waals surface area contributed by atoms with Crippen LogP contribution in [0.2, 0.25) is 0 Å². The van der Waals surface area contributed by atoms with E-state index in [9.17, 15) is 4.79 Å². The Balaban J connectivity index is 1.71. The normalized spacial score (nSPS) is 18.4. The van der Waals surface area contributed by atoms with Gasteiger partial charge >= 0.3 is 0 Å². The van der Waals surface area contributed by atoms with E-state index in [1.54, 1.807) is 0 Å². The van der Waals surface area contributed by atoms with Crippen LogP contribution in [0, 0.1) is 0 Å². The lowest BCUT2D eigenvalue weighted by Crippen LogP contribution is -2.50. The molecule has 2 aromatic rings. The Morgan fingerprint density at radius 3 is 2.58 bits per heavy atom. The predicted octanol–water partition coefficient (Wildman–Crippen LogP) is 3.34. The second kappa shape index (κ2) is 7.81. The van der Waals surface area contributed by atoms with E-state index >= 15 is 0 Å². The summed E-state index contributed by atoms with van der Waals surface area (Å²) in [6.45, 7) is 2.48. The smallest absolute Gasteiger partial charge is 0.261 e. The number of halogens is 1. The minimum Gasteiger partial charge on any atom is -0.483 e. The molecule has 1 heterocycles. The second-order valence-electron chi connectivity index (χ2n) is 5.99. The maximum atomic E-state index is 12.7. The molecular formula is C19H21BrN2O2. The van der Waals surface area contributed by atoms with E-state index in [4.69, 9.17) is 4.74 Å². The molecule has 1 saturated heterocycles. The number of rotatable bonds is 4. The second-order valence-corrected chi connectivity index (χ2v) is 6.85. The van der Waals surface area contributed by atoms with E-state index in [1.165, 1.54) is 5.56 Å². The standard InChI is InChI=1S/C19H21BrN2O2/c1-21-11-12-22(17(13-21)15-7-3-2-4-8-15)19(23)14-24-18-10-6-5-9-16(18)20/h2-10,17H,11-14H2,1H3. The van der Waals surface area contributed by atoms with Crippen LogP contribution in [0.5, 0.6) is 5.75 Å². The molecule has 3 rings (SSSR count). The molecule has 0 spiro atoms. The summed E-state index contributed by atoms with van der Waals surface area (Å²) in [6.07, 6.45) is 0. The average Bonchev–Trinajstić information content (AvgIpc) is 2.61. The van der Waals surface area contributed by atoms with E-state index < -0.39 is 0 Å². The molecule has 24 heavy (non-hydrogen) atoms. The number of likely N-dealkylation sites (N-methyl/N-ethyl adjacent to an activating group) is 1. The Morgan fingerprint density at radius 2 is 1.83 bits per heavy atom. The molecule has 1 aliphatic rings. The van der Waals surface area contributed by atoms with Crippen LogP contribution < -0.4 is 4.74 Å². The van der Waals surface area contributed by atoms with Crippen LogP contribution in [0.4, 0.5) is 0 Å². The number of nitrogens with zero attached hydrogens (tertiary/aromatic N) is 2. The summed E-state index contributed by atoms with van der Waals surface area (Å²) in [7, 11) is 2.09. The Kier molecular flexibility index (Phi) is 5.53. The molecule has 0 bridgehead atoms. The molecule has 126 valence electrons. The van der Waals surface area contributed by atoms with Gasteiger partial charge in [0.2, 0.25) is 0 Å². The van der Waals surface area contributed by atoms with E-state index in [2.05, 4.69) is 40.0 Å². The molecule has 1 fully saturated rings. The summed E-state index contributed by atoms with van der Waals surface area (Å²) in [5, 5.41) is 0. The van der Waals surface area contributed by atoms with E-state index in [1.807, 2.05) is 47.4 Å². The number of amides is 1. The molecule has 2 aromatic carbocycles. The third-order valence-corrected chi connectivity index (χ3v) is 4.93. The van der Waals surface area contributed by atoms with Gasteiger partial charge in [-0.2, -0.15) is 0 Å². The number of hydrogen-bond donors (Lipinski definition) is 0. The van der Waals surface area contributed by atoms with E-state index in [0.717, 1.165) is 17.6 Å². The third-order valence-electron chi connectivity index (χ3n) is 4.28. The highest BCUT2D eigenvalue weighted by atomic mass is 79.9. The Hall–Kier alpha value is -1.85. The first-order valence-electron chi connectivity index (χ1n) is 8.05. The van der Waals surface area contributed by atoms with Crippen molar-refractivity contribution in [2.24, 2.45) is 0 Å². The zero-order valence-corrected chi connectivity index (χ0v) is 15.3. The van der Waals surface area contributed by atoms with E-state index in [0.29, 0.717) is 12.3 Å². The molecule has 5 heteroatoms. The van der Waals surface area contributed by atoms with Gasteiger partial charge in [0.05, 0.1) is 10.5 Å². The first-order valence-corrected chi connectivity index (χ1v) is 8.85. The molecule has 4 nitrogen and oxygen atoms in total. The fraction of sp³-hybridized carbons (Fsp3) is 0.316. The van der Waals surface area contributed by atoms with Gasteiger partial charge < -0.3 is 14.5 Å². The fourth-order valence-corrected chi connectivity index (χ4v) is 3.36. The summed E-state index contributed by atoms with van der Waals surface area (Å²) < 4.78 is 6.57. The van der Waals surface area contributed by atoms with E-state index in [-0.39, 0.29) is 18.6 Å². The predicted molar refractivity (Wildman–Crippen MR) is 98.0 cm³/mol.